The van der Waals surface area contributed by atoms with Gasteiger partial charge in [-0.25, -0.2) is 14.2 Å². The quantitative estimate of drug-likeness (QED) is 0.0738. The summed E-state index contributed by atoms with van der Waals surface area (Å²) in [5.74, 6) is -10.8. The van der Waals surface area contributed by atoms with Crippen molar-refractivity contribution >= 4 is 19.8 Å². The highest BCUT2D eigenvalue weighted by Crippen LogP contribution is 2.44. The Morgan fingerprint density at radius 1 is 0.771 bits per heavy atom. The molecular weight excluding hydrogens is 691 g/mol. The van der Waals surface area contributed by atoms with Crippen LogP contribution in [0.3, 0.4) is 0 Å². The van der Waals surface area contributed by atoms with Gasteiger partial charge >= 0.3 is 19.8 Å². The predicted molar refractivity (Wildman–Crippen MR) is 141 cm³/mol. The number of carboxylic acid groups (broad SMARTS) is 2. The summed E-state index contributed by atoms with van der Waals surface area (Å²) < 4.78 is 42.7. The van der Waals surface area contributed by atoms with Gasteiger partial charge in [-0.3, -0.25) is 4.52 Å². The second-order valence-corrected chi connectivity index (χ2v) is 12.5. The second-order valence-electron chi connectivity index (χ2n) is 11.3. The van der Waals surface area contributed by atoms with Gasteiger partial charge in [0.1, 0.15) is 67.1 Å². The number of hydrogen-bond acceptors (Lipinski definition) is 20. The van der Waals surface area contributed by atoms with Gasteiger partial charge in [0.05, 0.1) is 32.0 Å². The largest absolute Gasteiger partial charge is 0.477 e. The summed E-state index contributed by atoms with van der Waals surface area (Å²) in [6, 6.07) is 0. The molecule has 0 aliphatic carbocycles. The molecule has 0 aromatic heterocycles. The van der Waals surface area contributed by atoms with Crippen LogP contribution in [0, 0.1) is 0 Å². The van der Waals surface area contributed by atoms with E-state index in [0.29, 0.717) is 0 Å². The average Bonchev–Trinajstić information content (AvgIpc) is 3.01. The molecule has 25 heteroatoms. The lowest BCUT2D eigenvalue weighted by molar-refractivity contribution is -0.393. The van der Waals surface area contributed by atoms with Crippen LogP contribution in [0.2, 0.25) is 0 Å². The van der Waals surface area contributed by atoms with E-state index in [-0.39, 0.29) is 0 Å². The predicted octanol–water partition coefficient (Wildman–Crippen LogP) is -8.41. The highest BCUT2D eigenvalue weighted by molar-refractivity contribution is 7.46. The Hall–Kier alpha value is -1.59. The van der Waals surface area contributed by atoms with E-state index in [4.69, 9.17) is 23.7 Å². The zero-order valence-electron chi connectivity index (χ0n) is 24.4. The zero-order valence-corrected chi connectivity index (χ0v) is 25.3. The van der Waals surface area contributed by atoms with Crippen LogP contribution in [0.4, 0.5) is 0 Å². The lowest BCUT2D eigenvalue weighted by Crippen LogP contribution is -2.69. The van der Waals surface area contributed by atoms with E-state index in [1.54, 1.807) is 0 Å². The first-order valence-corrected chi connectivity index (χ1v) is 15.5. The number of hydrogen-bond donors (Lipinski definition) is 15. The maximum atomic E-state index is 12.6. The van der Waals surface area contributed by atoms with Gasteiger partial charge in [-0.15, -0.1) is 0 Å². The van der Waals surface area contributed by atoms with Gasteiger partial charge in [-0.2, -0.15) is 0 Å². The Kier molecular flexibility index (Phi) is 13.4. The minimum absolute atomic E-state index is 1.14. The maximum absolute atomic E-state index is 12.6. The van der Waals surface area contributed by atoms with Crippen LogP contribution in [0.25, 0.3) is 0 Å². The molecule has 15 N–H and O–H groups in total. The summed E-state index contributed by atoms with van der Waals surface area (Å²) in [5, 5.41) is 132. The molecule has 3 heterocycles. The first kappa shape index (κ1) is 40.8. The summed E-state index contributed by atoms with van der Waals surface area (Å²) in [4.78, 5) is 43.1. The van der Waals surface area contributed by atoms with Gasteiger partial charge in [0.15, 0.2) is 6.29 Å². The molecule has 3 aliphatic rings. The lowest BCUT2D eigenvalue weighted by Gasteiger charge is -2.51. The lowest BCUT2D eigenvalue weighted by atomic mass is 9.89. The summed E-state index contributed by atoms with van der Waals surface area (Å²) in [6.45, 7) is -3.60. The maximum Gasteiger partial charge on any atom is 0.470 e. The SMILES string of the molecule is O=C(O)[C@@]1(O[C@@H]2C[C@](O)(C(=O)O)O[C@H]([C@H](O)CO)[C@@H]2O[C@H]2O[C@H]([C@@H](O)CO)[C@@H](OP(=O)(O)O)[C@H](O)[C@@H]2O)C[C@@H](O)[C@@H](O)[C@@H]([C@H](O)CO)O1. The number of phosphoric ester groups is 1. The number of aliphatic carboxylic acids is 2. The summed E-state index contributed by atoms with van der Waals surface area (Å²) in [7, 11) is -5.47. The third-order valence-electron chi connectivity index (χ3n) is 7.87. The van der Waals surface area contributed by atoms with E-state index in [2.05, 4.69) is 4.52 Å². The van der Waals surface area contributed by atoms with E-state index in [0.717, 1.165) is 0 Å². The zero-order chi connectivity index (χ0) is 36.5. The number of aliphatic hydroxyl groups excluding tert-OH is 10. The minimum Gasteiger partial charge on any atom is -0.477 e. The number of ether oxygens (including phenoxy) is 5. The second kappa shape index (κ2) is 15.7. The molecule has 24 nitrogen and oxygen atoms in total. The summed E-state index contributed by atoms with van der Waals surface area (Å²) >= 11 is 0. The highest BCUT2D eigenvalue weighted by atomic mass is 31.2. The molecule has 0 amide bonds. The molecule has 0 saturated carbocycles. The molecule has 16 atom stereocenters. The fraction of sp³-hybridized carbons (Fsp3) is 0.913. The van der Waals surface area contributed by atoms with Crippen LogP contribution in [-0.4, -0.2) is 205 Å². The van der Waals surface area contributed by atoms with E-state index in [1.165, 1.54) is 0 Å². The number of carboxylic acids is 2. The fourth-order valence-corrected chi connectivity index (χ4v) is 6.01. The van der Waals surface area contributed by atoms with Gasteiger partial charge in [0.2, 0.25) is 0 Å². The van der Waals surface area contributed by atoms with E-state index < -0.39 is 150 Å². The van der Waals surface area contributed by atoms with Gasteiger partial charge in [0, 0.05) is 12.8 Å². The summed E-state index contributed by atoms with van der Waals surface area (Å²) in [6.07, 6.45) is -33.3. The molecular formula is C23H39O24P. The molecule has 0 aromatic rings. The Morgan fingerprint density at radius 2 is 1.31 bits per heavy atom. The van der Waals surface area contributed by atoms with E-state index in [1.807, 2.05) is 0 Å². The minimum atomic E-state index is -5.47. The molecule has 0 radical (unpaired) electrons. The number of phosphoric acid groups is 1. The van der Waals surface area contributed by atoms with Crippen molar-refractivity contribution in [3.05, 3.63) is 0 Å². The number of rotatable bonds is 14. The molecule has 3 rings (SSSR count). The smallest absolute Gasteiger partial charge is 0.470 e. The topological polar surface area (TPSA) is 410 Å². The van der Waals surface area contributed by atoms with Crippen molar-refractivity contribution in [2.75, 3.05) is 19.8 Å². The van der Waals surface area contributed by atoms with Crippen molar-refractivity contribution in [3.63, 3.8) is 0 Å². The third kappa shape index (κ3) is 8.64. The molecule has 0 bridgehead atoms. The monoisotopic (exact) mass is 730 g/mol. The fourth-order valence-electron chi connectivity index (χ4n) is 5.45. The summed E-state index contributed by atoms with van der Waals surface area (Å²) in [5.41, 5.74) is 0. The molecule has 280 valence electrons. The van der Waals surface area contributed by atoms with Gasteiger partial charge in [-0.05, 0) is 0 Å². The van der Waals surface area contributed by atoms with Crippen LogP contribution >= 0.6 is 7.82 Å². The van der Waals surface area contributed by atoms with Gasteiger partial charge < -0.3 is 99.9 Å². The highest BCUT2D eigenvalue weighted by Gasteiger charge is 2.62. The molecule has 3 aliphatic heterocycles. The number of aliphatic hydroxyl groups is 11. The van der Waals surface area contributed by atoms with Crippen LogP contribution in [0.1, 0.15) is 12.8 Å². The number of carbonyl (C=O) groups is 2. The first-order chi connectivity index (χ1) is 22.1. The standard InChI is InChI=1S/C23H39O24P/c24-3-7(28)14-11(31)6(27)1-23(46-14,21(36)37)44-10-2-22(38,20(34)35)45-16(9(30)5-26)17(10)43-19-13(33)12(32)18(47-48(39,40)41)15(42-19)8(29)4-25/h6-19,24-33,38H,1-5H2,(H,34,35)(H,36,37)(H2,39,40,41)/t6-,7-,8+,9-,10-,11-,12-,13+,14-,15-,16-,17-,18+,19-,22-,23-/m1/s1. The van der Waals surface area contributed by atoms with Crippen molar-refractivity contribution in [3.8, 4) is 0 Å². The molecule has 48 heavy (non-hydrogen) atoms. The van der Waals surface area contributed by atoms with Crippen LogP contribution < -0.4 is 0 Å². The van der Waals surface area contributed by atoms with Gasteiger partial charge in [-0.1, -0.05) is 0 Å². The Morgan fingerprint density at radius 3 is 1.81 bits per heavy atom. The van der Waals surface area contributed by atoms with Gasteiger partial charge in [0.25, 0.3) is 11.6 Å². The Balaban J connectivity index is 2.10. The molecule has 0 spiro atoms. The molecule has 3 fully saturated rings. The molecule has 0 aromatic carbocycles. The Bertz CT molecular complexity index is 1160. The van der Waals surface area contributed by atoms with E-state index >= 15 is 0 Å². The molecule has 0 unspecified atom stereocenters. The Labute approximate surface area is 268 Å². The van der Waals surface area contributed by atoms with Crippen LogP contribution in [0.15, 0.2) is 0 Å². The van der Waals surface area contributed by atoms with Crippen LogP contribution in [-0.2, 0) is 42.4 Å². The van der Waals surface area contributed by atoms with Crippen molar-refractivity contribution < 1.29 is 119 Å². The van der Waals surface area contributed by atoms with Crippen molar-refractivity contribution in [2.45, 2.75) is 110 Å². The van der Waals surface area contributed by atoms with Crippen molar-refractivity contribution in [1.29, 1.82) is 0 Å². The third-order valence-corrected chi connectivity index (χ3v) is 8.38. The van der Waals surface area contributed by atoms with Crippen molar-refractivity contribution in [1.82, 2.24) is 0 Å². The van der Waals surface area contributed by atoms with E-state index in [9.17, 15) is 90.3 Å². The van der Waals surface area contributed by atoms with Crippen molar-refractivity contribution in [2.24, 2.45) is 0 Å². The first-order valence-electron chi connectivity index (χ1n) is 14.0. The average molecular weight is 731 g/mol. The van der Waals surface area contributed by atoms with Crippen LogP contribution in [0.5, 0.6) is 0 Å². The molecule has 3 saturated heterocycles. The normalized spacial score (nSPS) is 42.9.